The normalized spacial score (nSPS) is 17.5. The summed E-state index contributed by atoms with van der Waals surface area (Å²) in [7, 11) is -2.01. The lowest BCUT2D eigenvalue weighted by Gasteiger charge is -2.38. The van der Waals surface area contributed by atoms with Gasteiger partial charge in [0.1, 0.15) is 5.75 Å². The quantitative estimate of drug-likeness (QED) is 0.846. The molecule has 0 amide bonds. The second-order valence-electron chi connectivity index (χ2n) is 5.98. The lowest BCUT2D eigenvalue weighted by Crippen LogP contribution is -2.47. The van der Waals surface area contributed by atoms with E-state index >= 15 is 0 Å². The highest BCUT2D eigenvalue weighted by atomic mass is 32.2. The Morgan fingerprint density at radius 3 is 2.60 bits per heavy atom. The van der Waals surface area contributed by atoms with E-state index in [-0.39, 0.29) is 10.3 Å². The molecule has 7 nitrogen and oxygen atoms in total. The van der Waals surface area contributed by atoms with Crippen molar-refractivity contribution >= 4 is 26.5 Å². The summed E-state index contributed by atoms with van der Waals surface area (Å²) in [6.45, 7) is 5.54. The molecule has 9 heteroatoms. The smallest absolute Gasteiger partial charge is 0.249 e. The van der Waals surface area contributed by atoms with Crippen molar-refractivity contribution in [2.75, 3.05) is 38.2 Å². The van der Waals surface area contributed by atoms with Crippen molar-refractivity contribution in [3.8, 4) is 5.75 Å². The summed E-state index contributed by atoms with van der Waals surface area (Å²) in [6, 6.07) is 8.41. The van der Waals surface area contributed by atoms with Gasteiger partial charge in [-0.2, -0.15) is 0 Å². The minimum atomic E-state index is -3.68. The average molecular weight is 383 g/mol. The first kappa shape index (κ1) is 18.1. The Balaban J connectivity index is 1.64. The number of sulfonamides is 1. The summed E-state index contributed by atoms with van der Waals surface area (Å²) in [6.07, 6.45) is 1.33. The van der Waals surface area contributed by atoms with E-state index in [1.807, 2.05) is 12.1 Å². The van der Waals surface area contributed by atoms with Crippen molar-refractivity contribution < 1.29 is 13.2 Å². The van der Waals surface area contributed by atoms with E-state index in [2.05, 4.69) is 33.8 Å². The predicted octanol–water partition coefficient (Wildman–Crippen LogP) is 1.68. The number of nitrogens with two attached hydrogens (primary N) is 1. The van der Waals surface area contributed by atoms with Crippen LogP contribution < -0.4 is 14.8 Å². The fraction of sp³-hybridized carbons (Fsp3) is 0.438. The SMILES string of the molecule is COc1cccc(C(C)N2CCN(c3ncc(S(N)(=O)=O)s3)CC2)c1. The van der Waals surface area contributed by atoms with Gasteiger partial charge in [-0.15, -0.1) is 0 Å². The van der Waals surface area contributed by atoms with E-state index < -0.39 is 10.0 Å². The van der Waals surface area contributed by atoms with E-state index in [4.69, 9.17) is 9.88 Å². The Morgan fingerprint density at radius 1 is 1.28 bits per heavy atom. The summed E-state index contributed by atoms with van der Waals surface area (Å²) in [5.41, 5.74) is 1.22. The number of thiazole rings is 1. The number of methoxy groups -OCH3 is 1. The molecule has 1 atom stereocenters. The molecule has 2 N–H and O–H groups in total. The third-order valence-corrected chi connectivity index (χ3v) is 6.93. The van der Waals surface area contributed by atoms with Crippen molar-refractivity contribution in [2.45, 2.75) is 17.2 Å². The third-order valence-electron chi connectivity index (χ3n) is 4.46. The van der Waals surface area contributed by atoms with Gasteiger partial charge in [0.15, 0.2) is 9.34 Å². The largest absolute Gasteiger partial charge is 0.497 e. The molecule has 0 radical (unpaired) electrons. The van der Waals surface area contributed by atoms with Gasteiger partial charge >= 0.3 is 0 Å². The van der Waals surface area contributed by atoms with E-state index in [0.29, 0.717) is 5.13 Å². The lowest BCUT2D eigenvalue weighted by molar-refractivity contribution is 0.198. The predicted molar refractivity (Wildman–Crippen MR) is 98.7 cm³/mol. The molecule has 0 spiro atoms. The topological polar surface area (TPSA) is 88.8 Å². The fourth-order valence-corrected chi connectivity index (χ4v) is 4.53. The average Bonchev–Trinajstić information content (AvgIpc) is 3.12. The maximum absolute atomic E-state index is 11.4. The fourth-order valence-electron chi connectivity index (χ4n) is 2.94. The monoisotopic (exact) mass is 382 g/mol. The van der Waals surface area contributed by atoms with Crippen LogP contribution in [0.2, 0.25) is 0 Å². The Kier molecular flexibility index (Phi) is 5.28. The van der Waals surface area contributed by atoms with Gasteiger partial charge in [0.25, 0.3) is 0 Å². The van der Waals surface area contributed by atoms with Crippen molar-refractivity contribution in [2.24, 2.45) is 5.14 Å². The number of anilines is 1. The van der Waals surface area contributed by atoms with Crippen LogP contribution in [-0.2, 0) is 10.0 Å². The molecule has 2 aromatic rings. The van der Waals surface area contributed by atoms with E-state index in [9.17, 15) is 8.42 Å². The Hall–Kier alpha value is -1.68. The molecule has 25 heavy (non-hydrogen) atoms. The molecule has 1 aromatic heterocycles. The van der Waals surface area contributed by atoms with E-state index in [1.165, 1.54) is 11.8 Å². The molecule has 0 bridgehead atoms. The first-order valence-electron chi connectivity index (χ1n) is 8.00. The Labute approximate surface area is 152 Å². The van der Waals surface area contributed by atoms with Crippen LogP contribution in [0, 0.1) is 0 Å². The van der Waals surface area contributed by atoms with Gasteiger partial charge < -0.3 is 9.64 Å². The van der Waals surface area contributed by atoms with Gasteiger partial charge in [-0.3, -0.25) is 4.90 Å². The number of aromatic nitrogens is 1. The van der Waals surface area contributed by atoms with Gasteiger partial charge in [-0.25, -0.2) is 18.5 Å². The second-order valence-corrected chi connectivity index (χ2v) is 8.78. The number of hydrogen-bond acceptors (Lipinski definition) is 7. The van der Waals surface area contributed by atoms with Crippen molar-refractivity contribution in [3.63, 3.8) is 0 Å². The number of rotatable bonds is 5. The zero-order valence-electron chi connectivity index (χ0n) is 14.3. The number of benzene rings is 1. The first-order chi connectivity index (χ1) is 11.9. The van der Waals surface area contributed by atoms with Crippen LogP contribution in [0.5, 0.6) is 5.75 Å². The van der Waals surface area contributed by atoms with Crippen LogP contribution in [0.1, 0.15) is 18.5 Å². The highest BCUT2D eigenvalue weighted by Gasteiger charge is 2.24. The van der Waals surface area contributed by atoms with Gasteiger partial charge in [0.2, 0.25) is 10.0 Å². The van der Waals surface area contributed by atoms with Crippen molar-refractivity contribution in [1.82, 2.24) is 9.88 Å². The number of piperazine rings is 1. The minimum absolute atomic E-state index is 0.106. The molecule has 1 unspecified atom stereocenters. The third kappa shape index (κ3) is 4.12. The molecule has 1 fully saturated rings. The number of primary sulfonamides is 1. The van der Waals surface area contributed by atoms with Crippen LogP contribution >= 0.6 is 11.3 Å². The maximum Gasteiger partial charge on any atom is 0.249 e. The molecule has 1 aliphatic rings. The summed E-state index contributed by atoms with van der Waals surface area (Å²) in [5.74, 6) is 0.862. The van der Waals surface area contributed by atoms with E-state index in [1.54, 1.807) is 7.11 Å². The minimum Gasteiger partial charge on any atom is -0.497 e. The van der Waals surface area contributed by atoms with Gasteiger partial charge in [-0.05, 0) is 24.6 Å². The summed E-state index contributed by atoms with van der Waals surface area (Å²) < 4.78 is 28.2. The molecule has 0 saturated carbocycles. The molecule has 3 rings (SSSR count). The Morgan fingerprint density at radius 2 is 2.00 bits per heavy atom. The molecule has 136 valence electrons. The standard InChI is InChI=1S/C16H22N4O3S2/c1-12(13-4-3-5-14(10-13)23-2)19-6-8-20(9-7-19)16-18-11-15(24-16)25(17,21)22/h3-5,10-12H,6-9H2,1-2H3,(H2,17,21,22). The molecular formula is C16H22N4O3S2. The van der Waals surface area contributed by atoms with E-state index in [0.717, 1.165) is 43.3 Å². The summed E-state index contributed by atoms with van der Waals surface area (Å²) in [5, 5.41) is 5.86. The number of hydrogen-bond donors (Lipinski definition) is 1. The summed E-state index contributed by atoms with van der Waals surface area (Å²) >= 11 is 1.12. The van der Waals surface area contributed by atoms with Crippen LogP contribution in [0.4, 0.5) is 5.13 Å². The van der Waals surface area contributed by atoms with Crippen molar-refractivity contribution in [1.29, 1.82) is 0 Å². The Bertz CT molecular complexity index is 829. The number of nitrogens with zero attached hydrogens (tertiary/aromatic N) is 3. The van der Waals surface area contributed by atoms with Crippen molar-refractivity contribution in [3.05, 3.63) is 36.0 Å². The maximum atomic E-state index is 11.4. The second kappa shape index (κ2) is 7.28. The first-order valence-corrected chi connectivity index (χ1v) is 10.4. The van der Waals surface area contributed by atoms with Crippen LogP contribution in [0.15, 0.2) is 34.7 Å². The molecule has 2 heterocycles. The zero-order valence-corrected chi connectivity index (χ0v) is 15.9. The van der Waals surface area contributed by atoms with Crippen LogP contribution in [-0.4, -0.2) is 51.6 Å². The molecule has 0 aliphatic carbocycles. The van der Waals surface area contributed by atoms with Gasteiger partial charge in [0, 0.05) is 32.2 Å². The molecular weight excluding hydrogens is 360 g/mol. The van der Waals surface area contributed by atoms with Crippen LogP contribution in [0.25, 0.3) is 0 Å². The molecule has 1 saturated heterocycles. The van der Waals surface area contributed by atoms with Gasteiger partial charge in [0.05, 0.1) is 13.3 Å². The lowest BCUT2D eigenvalue weighted by atomic mass is 10.1. The zero-order chi connectivity index (χ0) is 18.0. The molecule has 1 aliphatic heterocycles. The highest BCUT2D eigenvalue weighted by Crippen LogP contribution is 2.29. The number of ether oxygens (including phenoxy) is 1. The molecule has 1 aromatic carbocycles. The van der Waals surface area contributed by atoms with Gasteiger partial charge in [-0.1, -0.05) is 23.5 Å². The summed E-state index contributed by atoms with van der Waals surface area (Å²) in [4.78, 5) is 8.71. The highest BCUT2D eigenvalue weighted by molar-refractivity contribution is 7.91. The van der Waals surface area contributed by atoms with Crippen LogP contribution in [0.3, 0.4) is 0 Å².